The van der Waals surface area contributed by atoms with Crippen LogP contribution in [0.1, 0.15) is 12.1 Å². The number of nitrogens with one attached hydrogen (secondary N) is 1. The maximum atomic E-state index is 11.9. The predicted molar refractivity (Wildman–Crippen MR) is 73.6 cm³/mol. The summed E-state index contributed by atoms with van der Waals surface area (Å²) in [6, 6.07) is 0. The Labute approximate surface area is 120 Å². The van der Waals surface area contributed by atoms with E-state index in [1.807, 2.05) is 0 Å². The molecule has 0 bridgehead atoms. The topological polar surface area (TPSA) is 136 Å². The van der Waals surface area contributed by atoms with Crippen LogP contribution in [0.15, 0.2) is 4.21 Å². The Bertz CT molecular complexity index is 750. The van der Waals surface area contributed by atoms with Crippen molar-refractivity contribution < 1.29 is 21.6 Å². The van der Waals surface area contributed by atoms with E-state index in [-0.39, 0.29) is 33.0 Å². The molecular weight excluding hydrogens is 326 g/mol. The summed E-state index contributed by atoms with van der Waals surface area (Å²) in [6.45, 7) is 1.46. The molecule has 2 heterocycles. The Morgan fingerprint density at radius 3 is 2.60 bits per heavy atom. The lowest BCUT2D eigenvalue weighted by atomic mass is 10.1. The number of carbonyl (C=O) groups excluding carboxylic acids is 1. The second-order valence-electron chi connectivity index (χ2n) is 4.53. The molecule has 20 heavy (non-hydrogen) atoms. The van der Waals surface area contributed by atoms with Crippen LogP contribution in [0.4, 0.5) is 5.13 Å². The predicted octanol–water partition coefficient (Wildman–Crippen LogP) is -0.528. The number of amides is 1. The highest BCUT2D eigenvalue weighted by Gasteiger charge is 2.33. The van der Waals surface area contributed by atoms with Crippen LogP contribution in [0.5, 0.6) is 0 Å². The molecule has 0 radical (unpaired) electrons. The summed E-state index contributed by atoms with van der Waals surface area (Å²) < 4.78 is 45.0. The van der Waals surface area contributed by atoms with Crippen molar-refractivity contribution in [2.75, 3.05) is 16.8 Å². The molecule has 112 valence electrons. The highest BCUT2D eigenvalue weighted by molar-refractivity contribution is 7.91. The molecule has 0 saturated carbocycles. The molecule has 8 nitrogen and oxygen atoms in total. The molecule has 0 aromatic carbocycles. The van der Waals surface area contributed by atoms with Crippen molar-refractivity contribution >= 4 is 42.2 Å². The number of thiazole rings is 1. The fourth-order valence-corrected chi connectivity index (χ4v) is 5.51. The van der Waals surface area contributed by atoms with Crippen LogP contribution in [0.2, 0.25) is 0 Å². The number of hydrogen-bond donors (Lipinski definition) is 2. The number of sulfone groups is 1. The highest BCUT2D eigenvalue weighted by Crippen LogP contribution is 2.27. The number of carbonyl (C=O) groups is 1. The number of anilines is 1. The number of nitrogens with two attached hydrogens (primary N) is 1. The maximum Gasteiger partial charge on any atom is 0.249 e. The number of hydrogen-bond acceptors (Lipinski definition) is 7. The number of primary sulfonamides is 1. The summed E-state index contributed by atoms with van der Waals surface area (Å²) in [4.78, 5) is 15.8. The van der Waals surface area contributed by atoms with Gasteiger partial charge in [0.15, 0.2) is 19.2 Å². The maximum absolute atomic E-state index is 11.9. The van der Waals surface area contributed by atoms with Crippen LogP contribution in [0.3, 0.4) is 0 Å². The van der Waals surface area contributed by atoms with Gasteiger partial charge in [0.1, 0.15) is 0 Å². The molecule has 0 aliphatic carbocycles. The van der Waals surface area contributed by atoms with Crippen LogP contribution in [-0.4, -0.2) is 39.2 Å². The van der Waals surface area contributed by atoms with E-state index in [1.54, 1.807) is 0 Å². The molecule has 3 N–H and O–H groups in total. The Hall–Kier alpha value is -1.04. The van der Waals surface area contributed by atoms with Gasteiger partial charge in [-0.05, 0) is 13.3 Å². The summed E-state index contributed by atoms with van der Waals surface area (Å²) >= 11 is 0.748. The van der Waals surface area contributed by atoms with Crippen LogP contribution < -0.4 is 10.5 Å². The number of aromatic nitrogens is 1. The summed E-state index contributed by atoms with van der Waals surface area (Å²) in [7, 11) is -7.03. The largest absolute Gasteiger partial charge is 0.302 e. The quantitative estimate of drug-likeness (QED) is 0.760. The van der Waals surface area contributed by atoms with Crippen LogP contribution in [-0.2, 0) is 24.7 Å². The molecule has 1 aliphatic heterocycles. The van der Waals surface area contributed by atoms with Gasteiger partial charge in [0.2, 0.25) is 15.9 Å². The van der Waals surface area contributed by atoms with E-state index >= 15 is 0 Å². The second kappa shape index (κ2) is 5.06. The van der Waals surface area contributed by atoms with Crippen molar-refractivity contribution in [3.63, 3.8) is 0 Å². The van der Waals surface area contributed by atoms with E-state index < -0.39 is 31.7 Å². The first-order chi connectivity index (χ1) is 9.08. The van der Waals surface area contributed by atoms with Crippen molar-refractivity contribution in [1.82, 2.24) is 4.98 Å². The third-order valence-corrected chi connectivity index (χ3v) is 7.24. The van der Waals surface area contributed by atoms with Gasteiger partial charge < -0.3 is 5.32 Å². The summed E-state index contributed by atoms with van der Waals surface area (Å²) in [5.74, 6) is -1.29. The first-order valence-electron chi connectivity index (χ1n) is 5.60. The molecule has 11 heteroatoms. The van der Waals surface area contributed by atoms with Crippen molar-refractivity contribution in [3.8, 4) is 0 Å². The van der Waals surface area contributed by atoms with Crippen LogP contribution in [0.25, 0.3) is 0 Å². The zero-order chi connectivity index (χ0) is 15.1. The third-order valence-electron chi connectivity index (χ3n) is 2.85. The minimum atomic E-state index is -3.88. The molecule has 1 amide bonds. The number of sulfonamides is 1. The minimum Gasteiger partial charge on any atom is -0.302 e. The number of nitrogens with zero attached hydrogens (tertiary/aromatic N) is 1. The third kappa shape index (κ3) is 3.34. The Kier molecular flexibility index (Phi) is 3.88. The zero-order valence-corrected chi connectivity index (χ0v) is 12.9. The molecule has 1 saturated heterocycles. The van der Waals surface area contributed by atoms with Crippen molar-refractivity contribution in [1.29, 1.82) is 0 Å². The first kappa shape index (κ1) is 15.4. The van der Waals surface area contributed by atoms with Gasteiger partial charge in [-0.2, -0.15) is 0 Å². The molecule has 1 aliphatic rings. The lowest BCUT2D eigenvalue weighted by Crippen LogP contribution is -2.23. The summed E-state index contributed by atoms with van der Waals surface area (Å²) in [5, 5.41) is 7.55. The van der Waals surface area contributed by atoms with Gasteiger partial charge in [0, 0.05) is 0 Å². The SMILES string of the molecule is Cc1nc(NC(=O)C2CCS(=O)(=O)C2)sc1S(N)(=O)=O. The Balaban J connectivity index is 2.14. The molecule has 1 aromatic heterocycles. The molecule has 1 fully saturated rings. The van der Waals surface area contributed by atoms with Crippen molar-refractivity contribution in [2.24, 2.45) is 11.1 Å². The minimum absolute atomic E-state index is 0.00951. The normalized spacial score (nSPS) is 21.8. The fraction of sp³-hybridized carbons (Fsp3) is 0.556. The van der Waals surface area contributed by atoms with Crippen molar-refractivity contribution in [2.45, 2.75) is 17.6 Å². The number of aryl methyl sites for hydroxylation is 1. The Morgan fingerprint density at radius 1 is 1.50 bits per heavy atom. The monoisotopic (exact) mass is 339 g/mol. The molecule has 0 spiro atoms. The lowest BCUT2D eigenvalue weighted by Gasteiger charge is -2.06. The average molecular weight is 339 g/mol. The van der Waals surface area contributed by atoms with Crippen LogP contribution in [0, 0.1) is 12.8 Å². The van der Waals surface area contributed by atoms with Gasteiger partial charge in [-0.3, -0.25) is 4.79 Å². The van der Waals surface area contributed by atoms with Gasteiger partial charge in [-0.25, -0.2) is 27.0 Å². The van der Waals surface area contributed by atoms with E-state index in [4.69, 9.17) is 5.14 Å². The van der Waals surface area contributed by atoms with Gasteiger partial charge in [-0.1, -0.05) is 11.3 Å². The van der Waals surface area contributed by atoms with Gasteiger partial charge in [0.05, 0.1) is 23.1 Å². The standard InChI is InChI=1S/C9H13N3O5S3/c1-5-8(20(10,16)17)18-9(11-5)12-7(13)6-2-3-19(14,15)4-6/h6H,2-4H2,1H3,(H2,10,16,17)(H,11,12,13). The fourth-order valence-electron chi connectivity index (χ4n) is 1.91. The first-order valence-corrected chi connectivity index (χ1v) is 9.78. The van der Waals surface area contributed by atoms with Gasteiger partial charge in [0.25, 0.3) is 0 Å². The number of rotatable bonds is 3. The zero-order valence-electron chi connectivity index (χ0n) is 10.5. The average Bonchev–Trinajstić information content (AvgIpc) is 2.81. The Morgan fingerprint density at radius 2 is 2.15 bits per heavy atom. The van der Waals surface area contributed by atoms with Gasteiger partial charge >= 0.3 is 0 Å². The summed E-state index contributed by atoms with van der Waals surface area (Å²) in [5.41, 5.74) is 0.201. The van der Waals surface area contributed by atoms with E-state index in [0.29, 0.717) is 0 Å². The molecule has 2 rings (SSSR count). The van der Waals surface area contributed by atoms with E-state index in [1.165, 1.54) is 6.92 Å². The van der Waals surface area contributed by atoms with E-state index in [2.05, 4.69) is 10.3 Å². The van der Waals surface area contributed by atoms with E-state index in [9.17, 15) is 21.6 Å². The second-order valence-corrected chi connectivity index (χ2v) is 9.51. The van der Waals surface area contributed by atoms with E-state index in [0.717, 1.165) is 11.3 Å². The van der Waals surface area contributed by atoms with Gasteiger partial charge in [-0.15, -0.1) is 0 Å². The highest BCUT2D eigenvalue weighted by atomic mass is 32.2. The summed E-state index contributed by atoms with van der Waals surface area (Å²) in [6.07, 6.45) is 0.264. The molecule has 1 atom stereocenters. The molecule has 1 aromatic rings. The van der Waals surface area contributed by atoms with Crippen molar-refractivity contribution in [3.05, 3.63) is 5.69 Å². The van der Waals surface area contributed by atoms with Crippen LogP contribution >= 0.6 is 11.3 Å². The molecular formula is C9H13N3O5S3. The molecule has 1 unspecified atom stereocenters. The lowest BCUT2D eigenvalue weighted by molar-refractivity contribution is -0.119. The smallest absolute Gasteiger partial charge is 0.249 e.